The van der Waals surface area contributed by atoms with E-state index in [9.17, 15) is 9.59 Å². The molecule has 0 aromatic carbocycles. The smallest absolute Gasteiger partial charge is 0.338 e. The molecule has 0 saturated heterocycles. The van der Waals surface area contributed by atoms with Crippen LogP contribution in [0, 0.1) is 0 Å². The Bertz CT molecular complexity index is 358. The first-order valence-electron chi connectivity index (χ1n) is 3.11. The van der Waals surface area contributed by atoms with Gasteiger partial charge in [-0.3, -0.25) is 4.79 Å². The minimum absolute atomic E-state index is 0.114. The molecular weight excluding hydrogens is 182 g/mol. The summed E-state index contributed by atoms with van der Waals surface area (Å²) >= 11 is 5.49. The lowest BCUT2D eigenvalue weighted by Gasteiger charge is -1.97. The Hall–Kier alpha value is -1.29. The summed E-state index contributed by atoms with van der Waals surface area (Å²) in [7, 11) is 1.23. The summed E-state index contributed by atoms with van der Waals surface area (Å²) in [6.45, 7) is 0. The molecule has 0 fully saturated rings. The second kappa shape index (κ2) is 3.40. The standard InChI is InChI=1S/C7H6ClNO3/c1-12-7(11)4-2-5(8)9-6(10)3-4/h2-3H,1H3,(H,9,10). The number of aromatic amines is 1. The molecule has 0 unspecified atom stereocenters. The lowest BCUT2D eigenvalue weighted by Crippen LogP contribution is -2.10. The molecule has 0 spiro atoms. The lowest BCUT2D eigenvalue weighted by atomic mass is 10.3. The Morgan fingerprint density at radius 1 is 1.58 bits per heavy atom. The van der Waals surface area contributed by atoms with Gasteiger partial charge in [0.2, 0.25) is 5.56 Å². The Balaban J connectivity index is 3.17. The number of rotatable bonds is 1. The predicted octanol–water partition coefficient (Wildman–Crippen LogP) is 0.815. The van der Waals surface area contributed by atoms with Crippen LogP contribution in [0.5, 0.6) is 0 Å². The summed E-state index contributed by atoms with van der Waals surface area (Å²) in [4.78, 5) is 24.0. The van der Waals surface area contributed by atoms with Gasteiger partial charge in [-0.05, 0) is 6.07 Å². The highest BCUT2D eigenvalue weighted by molar-refractivity contribution is 6.29. The molecule has 0 radical (unpaired) electrons. The van der Waals surface area contributed by atoms with Crippen LogP contribution < -0.4 is 5.56 Å². The fraction of sp³-hybridized carbons (Fsp3) is 0.143. The SMILES string of the molecule is COC(=O)c1cc(Cl)[nH]c(=O)c1. The molecule has 0 atom stereocenters. The molecule has 4 nitrogen and oxygen atoms in total. The van der Waals surface area contributed by atoms with Crippen molar-refractivity contribution in [3.8, 4) is 0 Å². The normalized spacial score (nSPS) is 9.50. The molecule has 0 aliphatic carbocycles. The van der Waals surface area contributed by atoms with Gasteiger partial charge < -0.3 is 9.72 Å². The Morgan fingerprint density at radius 3 is 2.75 bits per heavy atom. The van der Waals surface area contributed by atoms with Crippen LogP contribution >= 0.6 is 11.6 Å². The average molecular weight is 188 g/mol. The fourth-order valence-electron chi connectivity index (χ4n) is 0.745. The second-order valence-electron chi connectivity index (χ2n) is 2.07. The van der Waals surface area contributed by atoms with Crippen LogP contribution in [0.2, 0.25) is 5.15 Å². The highest BCUT2D eigenvalue weighted by Gasteiger charge is 2.06. The van der Waals surface area contributed by atoms with E-state index in [0.717, 1.165) is 6.07 Å². The van der Waals surface area contributed by atoms with Crippen molar-refractivity contribution < 1.29 is 9.53 Å². The molecule has 12 heavy (non-hydrogen) atoms. The largest absolute Gasteiger partial charge is 0.465 e. The summed E-state index contributed by atoms with van der Waals surface area (Å²) in [5.41, 5.74) is -0.283. The molecule has 0 saturated carbocycles. The number of hydrogen-bond donors (Lipinski definition) is 1. The van der Waals surface area contributed by atoms with E-state index in [1.807, 2.05) is 0 Å². The molecule has 1 heterocycles. The van der Waals surface area contributed by atoms with E-state index < -0.39 is 11.5 Å². The van der Waals surface area contributed by atoms with Crippen molar-refractivity contribution in [3.05, 3.63) is 33.2 Å². The van der Waals surface area contributed by atoms with Gasteiger partial charge in [-0.1, -0.05) is 11.6 Å². The maximum atomic E-state index is 10.9. The first-order chi connectivity index (χ1) is 5.63. The van der Waals surface area contributed by atoms with E-state index >= 15 is 0 Å². The summed E-state index contributed by atoms with van der Waals surface area (Å²) in [5, 5.41) is 0.114. The number of esters is 1. The van der Waals surface area contributed by atoms with Gasteiger partial charge in [0.05, 0.1) is 12.7 Å². The topological polar surface area (TPSA) is 59.2 Å². The van der Waals surface area contributed by atoms with Crippen LogP contribution in [0.15, 0.2) is 16.9 Å². The molecule has 1 N–H and O–H groups in total. The lowest BCUT2D eigenvalue weighted by molar-refractivity contribution is 0.0600. The number of nitrogens with one attached hydrogen (secondary N) is 1. The summed E-state index contributed by atoms with van der Waals surface area (Å²) in [5.74, 6) is -0.581. The summed E-state index contributed by atoms with van der Waals surface area (Å²) in [6, 6.07) is 2.45. The number of H-pyrrole nitrogens is 1. The molecule has 1 aromatic rings. The van der Waals surface area contributed by atoms with Crippen molar-refractivity contribution in [1.29, 1.82) is 0 Å². The average Bonchev–Trinajstić information content (AvgIpc) is 2.01. The van der Waals surface area contributed by atoms with Crippen LogP contribution in [0.3, 0.4) is 0 Å². The molecule has 64 valence electrons. The van der Waals surface area contributed by atoms with Crippen molar-refractivity contribution >= 4 is 17.6 Å². The summed E-state index contributed by atoms with van der Waals surface area (Å²) in [6.07, 6.45) is 0. The monoisotopic (exact) mass is 187 g/mol. The minimum atomic E-state index is -0.581. The molecule has 5 heteroatoms. The van der Waals surface area contributed by atoms with E-state index in [0.29, 0.717) is 0 Å². The highest BCUT2D eigenvalue weighted by atomic mass is 35.5. The number of hydrogen-bond acceptors (Lipinski definition) is 3. The number of ether oxygens (including phenoxy) is 1. The number of carbonyl (C=O) groups is 1. The Labute approximate surface area is 73.1 Å². The minimum Gasteiger partial charge on any atom is -0.465 e. The molecule has 1 aromatic heterocycles. The number of methoxy groups -OCH3 is 1. The van der Waals surface area contributed by atoms with Crippen molar-refractivity contribution in [3.63, 3.8) is 0 Å². The van der Waals surface area contributed by atoms with Gasteiger partial charge in [0, 0.05) is 6.07 Å². The fourth-order valence-corrected chi connectivity index (χ4v) is 0.956. The Kier molecular flexibility index (Phi) is 2.50. The Morgan fingerprint density at radius 2 is 2.25 bits per heavy atom. The number of carbonyl (C=O) groups excluding carboxylic acids is 1. The zero-order valence-corrected chi connectivity index (χ0v) is 7.01. The number of pyridine rings is 1. The zero-order valence-electron chi connectivity index (χ0n) is 6.26. The third-order valence-corrected chi connectivity index (χ3v) is 1.44. The first kappa shape index (κ1) is 8.80. The van der Waals surface area contributed by atoms with Crippen LogP contribution in [-0.4, -0.2) is 18.1 Å². The second-order valence-corrected chi connectivity index (χ2v) is 2.48. The van der Waals surface area contributed by atoms with Crippen molar-refractivity contribution in [2.45, 2.75) is 0 Å². The maximum Gasteiger partial charge on any atom is 0.338 e. The molecular formula is C7H6ClNO3. The summed E-state index contributed by atoms with van der Waals surface area (Å²) < 4.78 is 4.40. The quantitative estimate of drug-likeness (QED) is 0.523. The van der Waals surface area contributed by atoms with Crippen molar-refractivity contribution in [2.24, 2.45) is 0 Å². The van der Waals surface area contributed by atoms with E-state index in [4.69, 9.17) is 11.6 Å². The maximum absolute atomic E-state index is 10.9. The van der Waals surface area contributed by atoms with E-state index in [2.05, 4.69) is 9.72 Å². The van der Waals surface area contributed by atoms with Crippen LogP contribution in [0.25, 0.3) is 0 Å². The van der Waals surface area contributed by atoms with Crippen molar-refractivity contribution in [2.75, 3.05) is 7.11 Å². The number of aromatic nitrogens is 1. The van der Waals surface area contributed by atoms with Gasteiger partial charge in [-0.15, -0.1) is 0 Å². The van der Waals surface area contributed by atoms with Crippen LogP contribution in [0.1, 0.15) is 10.4 Å². The van der Waals surface area contributed by atoms with Gasteiger partial charge in [0.25, 0.3) is 0 Å². The van der Waals surface area contributed by atoms with Gasteiger partial charge in [0.1, 0.15) is 5.15 Å². The molecule has 0 aliphatic heterocycles. The first-order valence-corrected chi connectivity index (χ1v) is 3.49. The number of halogens is 1. The third-order valence-electron chi connectivity index (χ3n) is 1.23. The molecule has 1 rings (SSSR count). The van der Waals surface area contributed by atoms with Gasteiger partial charge >= 0.3 is 5.97 Å². The molecule has 0 amide bonds. The van der Waals surface area contributed by atoms with Gasteiger partial charge in [0.15, 0.2) is 0 Å². The zero-order chi connectivity index (χ0) is 9.14. The van der Waals surface area contributed by atoms with E-state index in [-0.39, 0.29) is 10.7 Å². The van der Waals surface area contributed by atoms with Gasteiger partial charge in [-0.25, -0.2) is 4.79 Å². The van der Waals surface area contributed by atoms with E-state index in [1.165, 1.54) is 13.2 Å². The predicted molar refractivity (Wildman–Crippen MR) is 43.4 cm³/mol. The van der Waals surface area contributed by atoms with Crippen LogP contribution in [0.4, 0.5) is 0 Å². The molecule has 0 aliphatic rings. The molecule has 0 bridgehead atoms. The highest BCUT2D eigenvalue weighted by Crippen LogP contribution is 2.04. The van der Waals surface area contributed by atoms with Crippen LogP contribution in [-0.2, 0) is 4.74 Å². The van der Waals surface area contributed by atoms with Gasteiger partial charge in [-0.2, -0.15) is 0 Å². The van der Waals surface area contributed by atoms with E-state index in [1.54, 1.807) is 0 Å². The third kappa shape index (κ3) is 1.85. The van der Waals surface area contributed by atoms with Crippen molar-refractivity contribution in [1.82, 2.24) is 4.98 Å².